The average molecular weight is 427 g/mol. The molecule has 0 saturated carbocycles. The summed E-state index contributed by atoms with van der Waals surface area (Å²) >= 11 is 0. The third kappa shape index (κ3) is 5.53. The van der Waals surface area contributed by atoms with E-state index in [1.807, 2.05) is 12.1 Å². The van der Waals surface area contributed by atoms with Gasteiger partial charge in [-0.1, -0.05) is 12.1 Å². The molecule has 1 aliphatic heterocycles. The first-order chi connectivity index (χ1) is 12.8. The lowest BCUT2D eigenvalue weighted by Crippen LogP contribution is -2.46. The van der Waals surface area contributed by atoms with E-state index >= 15 is 0 Å². The van der Waals surface area contributed by atoms with E-state index in [1.54, 1.807) is 12.1 Å². The molecule has 0 radical (unpaired) electrons. The van der Waals surface area contributed by atoms with Crippen LogP contribution in [0.25, 0.3) is 0 Å². The number of hydrogen-bond acceptors (Lipinski definition) is 3. The number of rotatable bonds is 6. The van der Waals surface area contributed by atoms with Crippen LogP contribution in [0.2, 0.25) is 0 Å². The zero-order chi connectivity index (χ0) is 17.8. The van der Waals surface area contributed by atoms with Gasteiger partial charge in [0.2, 0.25) is 0 Å². The van der Waals surface area contributed by atoms with Crippen molar-refractivity contribution in [2.45, 2.75) is 25.7 Å². The summed E-state index contributed by atoms with van der Waals surface area (Å²) in [5.74, 6) is 0.928. The molecule has 1 heterocycles. The summed E-state index contributed by atoms with van der Waals surface area (Å²) in [5.41, 5.74) is 4.02. The molecular formula is C22H29Cl2FN2O. The van der Waals surface area contributed by atoms with Crippen molar-refractivity contribution in [2.24, 2.45) is 0 Å². The van der Waals surface area contributed by atoms with Gasteiger partial charge in [0.15, 0.2) is 0 Å². The lowest BCUT2D eigenvalue weighted by atomic mass is 10.1. The number of piperazine rings is 1. The Hall–Kier alpha value is -1.49. The molecule has 1 aliphatic carbocycles. The monoisotopic (exact) mass is 426 g/mol. The average Bonchev–Trinajstić information content (AvgIpc) is 3.16. The lowest BCUT2D eigenvalue weighted by Gasteiger charge is -2.36. The van der Waals surface area contributed by atoms with Gasteiger partial charge < -0.3 is 9.64 Å². The molecule has 3 nitrogen and oxygen atoms in total. The smallest absolute Gasteiger partial charge is 0.123 e. The van der Waals surface area contributed by atoms with Crippen molar-refractivity contribution in [2.75, 3.05) is 44.2 Å². The van der Waals surface area contributed by atoms with Crippen LogP contribution in [-0.2, 0) is 12.8 Å². The Balaban J connectivity index is 0.00000140. The summed E-state index contributed by atoms with van der Waals surface area (Å²) < 4.78 is 19.1. The Bertz CT molecular complexity index is 734. The van der Waals surface area contributed by atoms with Crippen molar-refractivity contribution in [1.82, 2.24) is 4.90 Å². The number of fused-ring (bicyclic) bond motifs is 1. The molecule has 2 aliphatic rings. The van der Waals surface area contributed by atoms with Gasteiger partial charge in [-0.15, -0.1) is 24.8 Å². The van der Waals surface area contributed by atoms with E-state index in [2.05, 4.69) is 28.0 Å². The van der Waals surface area contributed by atoms with E-state index in [0.29, 0.717) is 0 Å². The highest BCUT2D eigenvalue weighted by atomic mass is 35.5. The van der Waals surface area contributed by atoms with Crippen LogP contribution in [0.4, 0.5) is 10.1 Å². The molecule has 154 valence electrons. The van der Waals surface area contributed by atoms with Gasteiger partial charge in [-0.3, -0.25) is 4.90 Å². The van der Waals surface area contributed by atoms with Gasteiger partial charge in [-0.25, -0.2) is 4.39 Å². The first-order valence-corrected chi connectivity index (χ1v) is 9.76. The van der Waals surface area contributed by atoms with Gasteiger partial charge in [0.1, 0.15) is 11.6 Å². The molecule has 28 heavy (non-hydrogen) atoms. The van der Waals surface area contributed by atoms with Crippen molar-refractivity contribution < 1.29 is 9.13 Å². The Morgan fingerprint density at radius 1 is 0.893 bits per heavy atom. The number of halogens is 3. The molecule has 0 spiro atoms. The molecule has 1 fully saturated rings. The number of anilines is 1. The number of aryl methyl sites for hydroxylation is 1. The summed E-state index contributed by atoms with van der Waals surface area (Å²) in [7, 11) is 0. The summed E-state index contributed by atoms with van der Waals surface area (Å²) in [4.78, 5) is 4.83. The predicted molar refractivity (Wildman–Crippen MR) is 118 cm³/mol. The maximum absolute atomic E-state index is 13.0. The third-order valence-corrected chi connectivity index (χ3v) is 5.54. The van der Waals surface area contributed by atoms with Crippen LogP contribution in [-0.4, -0.2) is 44.2 Å². The topological polar surface area (TPSA) is 15.7 Å². The minimum atomic E-state index is -0.170. The number of nitrogens with zero attached hydrogens (tertiary/aromatic N) is 2. The summed E-state index contributed by atoms with van der Waals surface area (Å²) in [6.07, 6.45) is 4.68. The van der Waals surface area contributed by atoms with E-state index in [4.69, 9.17) is 4.74 Å². The van der Waals surface area contributed by atoms with Crippen LogP contribution in [0, 0.1) is 5.82 Å². The van der Waals surface area contributed by atoms with E-state index in [-0.39, 0.29) is 30.6 Å². The van der Waals surface area contributed by atoms with Crippen LogP contribution in [0.15, 0.2) is 42.5 Å². The molecular weight excluding hydrogens is 398 g/mol. The van der Waals surface area contributed by atoms with Gasteiger partial charge in [0.25, 0.3) is 0 Å². The second-order valence-corrected chi connectivity index (χ2v) is 7.25. The van der Waals surface area contributed by atoms with E-state index in [1.165, 1.54) is 24.0 Å². The fourth-order valence-corrected chi connectivity index (χ4v) is 4.07. The highest BCUT2D eigenvalue weighted by molar-refractivity contribution is 5.85. The second-order valence-electron chi connectivity index (χ2n) is 7.25. The number of ether oxygens (including phenoxy) is 1. The fourth-order valence-electron chi connectivity index (χ4n) is 4.07. The largest absolute Gasteiger partial charge is 0.493 e. The minimum absolute atomic E-state index is 0. The Morgan fingerprint density at radius 3 is 2.39 bits per heavy atom. The Labute approximate surface area is 179 Å². The Morgan fingerprint density at radius 2 is 1.64 bits per heavy atom. The van der Waals surface area contributed by atoms with Crippen molar-refractivity contribution in [3.8, 4) is 5.75 Å². The van der Waals surface area contributed by atoms with Crippen molar-refractivity contribution in [3.63, 3.8) is 0 Å². The van der Waals surface area contributed by atoms with Crippen molar-refractivity contribution in [3.05, 3.63) is 59.4 Å². The molecule has 0 aromatic heterocycles. The van der Waals surface area contributed by atoms with Crippen LogP contribution in [0.5, 0.6) is 5.75 Å². The molecule has 0 amide bonds. The van der Waals surface area contributed by atoms with Crippen molar-refractivity contribution >= 4 is 30.5 Å². The predicted octanol–water partition coefficient (Wildman–Crippen LogP) is 4.75. The van der Waals surface area contributed by atoms with E-state index < -0.39 is 0 Å². The highest BCUT2D eigenvalue weighted by Crippen LogP contribution is 2.30. The highest BCUT2D eigenvalue weighted by Gasteiger charge is 2.18. The molecule has 2 aromatic carbocycles. The molecule has 6 heteroatoms. The zero-order valence-electron chi connectivity index (χ0n) is 16.1. The molecule has 0 unspecified atom stereocenters. The lowest BCUT2D eigenvalue weighted by molar-refractivity contribution is 0.224. The van der Waals surface area contributed by atoms with Crippen LogP contribution in [0.3, 0.4) is 0 Å². The first-order valence-electron chi connectivity index (χ1n) is 9.76. The maximum Gasteiger partial charge on any atom is 0.123 e. The van der Waals surface area contributed by atoms with Gasteiger partial charge in [-0.2, -0.15) is 0 Å². The molecule has 0 atom stereocenters. The standard InChI is InChI=1S/C22H27FN2O.2ClH/c23-19-8-10-20(11-9-19)25-15-13-24(14-16-25)12-3-17-26-22-7-2-5-18-4-1-6-21(18)22;;/h2,5,7-11H,1,3-4,6,12-17H2;2*1H. The van der Waals surface area contributed by atoms with Gasteiger partial charge >= 0.3 is 0 Å². The van der Waals surface area contributed by atoms with E-state index in [0.717, 1.165) is 63.6 Å². The quantitative estimate of drug-likeness (QED) is 0.619. The molecule has 1 saturated heterocycles. The maximum atomic E-state index is 13.0. The minimum Gasteiger partial charge on any atom is -0.493 e. The summed E-state index contributed by atoms with van der Waals surface area (Å²) in [5, 5.41) is 0. The molecule has 2 aromatic rings. The van der Waals surface area contributed by atoms with Gasteiger partial charge in [0.05, 0.1) is 6.61 Å². The Kier molecular flexibility index (Phi) is 8.87. The van der Waals surface area contributed by atoms with Crippen LogP contribution in [0.1, 0.15) is 24.0 Å². The molecule has 0 bridgehead atoms. The van der Waals surface area contributed by atoms with Crippen LogP contribution >= 0.6 is 24.8 Å². The normalized spacial score (nSPS) is 16.1. The van der Waals surface area contributed by atoms with E-state index in [9.17, 15) is 4.39 Å². The second kappa shape index (κ2) is 10.9. The SMILES string of the molecule is Cl.Cl.Fc1ccc(N2CCN(CCCOc3cccc4c3CCC4)CC2)cc1. The third-order valence-electron chi connectivity index (χ3n) is 5.54. The molecule has 0 N–H and O–H groups in total. The number of benzene rings is 2. The summed E-state index contributed by atoms with van der Waals surface area (Å²) in [6, 6.07) is 13.3. The first kappa shape index (κ1) is 22.8. The molecule has 4 rings (SSSR count). The van der Waals surface area contributed by atoms with Crippen LogP contribution < -0.4 is 9.64 Å². The zero-order valence-corrected chi connectivity index (χ0v) is 17.7. The number of hydrogen-bond donors (Lipinski definition) is 0. The van der Waals surface area contributed by atoms with Gasteiger partial charge in [-0.05, 0) is 67.1 Å². The van der Waals surface area contributed by atoms with Crippen molar-refractivity contribution in [1.29, 1.82) is 0 Å². The summed E-state index contributed by atoms with van der Waals surface area (Å²) in [6.45, 7) is 5.97. The van der Waals surface area contributed by atoms with Gasteiger partial charge in [0, 0.05) is 38.4 Å². The fraction of sp³-hybridized carbons (Fsp3) is 0.455.